The van der Waals surface area contributed by atoms with Gasteiger partial charge in [0.15, 0.2) is 0 Å². The number of hydrogen-bond donors (Lipinski definition) is 1. The second kappa shape index (κ2) is 10.7. The van der Waals surface area contributed by atoms with Crippen LogP contribution in [0.4, 0.5) is 5.69 Å². The smallest absolute Gasteiger partial charge is 0.251 e. The number of benzene rings is 2. The Kier molecular flexibility index (Phi) is 7.69. The van der Waals surface area contributed by atoms with E-state index in [4.69, 9.17) is 4.99 Å². The predicted octanol–water partition coefficient (Wildman–Crippen LogP) is 6.17. The molecule has 5 heteroatoms. The van der Waals surface area contributed by atoms with Gasteiger partial charge in [-0.3, -0.25) is 9.79 Å². The molecule has 0 spiro atoms. The molecule has 1 N–H and O–H groups in total. The van der Waals surface area contributed by atoms with Crippen molar-refractivity contribution in [2.24, 2.45) is 16.8 Å². The van der Waals surface area contributed by atoms with Gasteiger partial charge in [-0.15, -0.1) is 0 Å². The quantitative estimate of drug-likeness (QED) is 0.514. The molecule has 4 nitrogen and oxygen atoms in total. The van der Waals surface area contributed by atoms with Crippen molar-refractivity contribution >= 4 is 29.1 Å². The first kappa shape index (κ1) is 23.1. The minimum atomic E-state index is -0.00724. The van der Waals surface area contributed by atoms with Crippen molar-refractivity contribution in [2.75, 3.05) is 26.2 Å². The van der Waals surface area contributed by atoms with Gasteiger partial charge in [0.05, 0.1) is 5.69 Å². The third-order valence-electron chi connectivity index (χ3n) is 6.26. The van der Waals surface area contributed by atoms with Crippen LogP contribution < -0.4 is 5.32 Å². The lowest BCUT2D eigenvalue weighted by atomic mass is 9.92. The molecule has 0 aliphatic carbocycles. The van der Waals surface area contributed by atoms with Gasteiger partial charge in [0.25, 0.3) is 5.91 Å². The zero-order valence-electron chi connectivity index (χ0n) is 19.6. The Hall–Kier alpha value is -2.11. The SMILES string of the molecule is CCCC1=Nc2cc(C(=O)NCCCN3CC(C)CC(C)C3)ccc2Sc2ccccc21. The van der Waals surface area contributed by atoms with Crippen LogP contribution in [0.1, 0.15) is 62.4 Å². The number of nitrogens with one attached hydrogen (secondary N) is 1. The van der Waals surface area contributed by atoms with Crippen LogP contribution in [0.15, 0.2) is 57.2 Å². The summed E-state index contributed by atoms with van der Waals surface area (Å²) in [4.78, 5) is 22.7. The summed E-state index contributed by atoms with van der Waals surface area (Å²) >= 11 is 1.74. The number of likely N-dealkylation sites (tertiary alicyclic amines) is 1. The highest BCUT2D eigenvalue weighted by molar-refractivity contribution is 7.99. The van der Waals surface area contributed by atoms with Gasteiger partial charge < -0.3 is 10.2 Å². The third kappa shape index (κ3) is 5.62. The molecule has 0 radical (unpaired) electrons. The lowest BCUT2D eigenvalue weighted by molar-refractivity contribution is 0.0947. The molecule has 0 bridgehead atoms. The van der Waals surface area contributed by atoms with Gasteiger partial charge in [-0.2, -0.15) is 0 Å². The van der Waals surface area contributed by atoms with Crippen LogP contribution in [-0.4, -0.2) is 42.7 Å². The first-order valence-corrected chi connectivity index (χ1v) is 12.8. The Morgan fingerprint density at radius 1 is 1.12 bits per heavy atom. The number of amides is 1. The summed E-state index contributed by atoms with van der Waals surface area (Å²) < 4.78 is 0. The van der Waals surface area contributed by atoms with Crippen molar-refractivity contribution in [3.05, 3.63) is 53.6 Å². The molecule has 2 aliphatic heterocycles. The van der Waals surface area contributed by atoms with E-state index in [0.29, 0.717) is 12.1 Å². The molecule has 2 aromatic rings. The van der Waals surface area contributed by atoms with Crippen LogP contribution >= 0.6 is 11.8 Å². The molecular weight excluding hydrogens is 414 g/mol. The van der Waals surface area contributed by atoms with E-state index in [1.165, 1.54) is 30.0 Å². The number of rotatable bonds is 7. The fraction of sp³-hybridized carbons (Fsp3) is 0.481. The summed E-state index contributed by atoms with van der Waals surface area (Å²) in [6, 6.07) is 14.4. The summed E-state index contributed by atoms with van der Waals surface area (Å²) in [5, 5.41) is 3.12. The van der Waals surface area contributed by atoms with Crippen molar-refractivity contribution in [1.82, 2.24) is 10.2 Å². The summed E-state index contributed by atoms with van der Waals surface area (Å²) in [7, 11) is 0. The van der Waals surface area contributed by atoms with Crippen LogP contribution in [-0.2, 0) is 0 Å². The van der Waals surface area contributed by atoms with E-state index in [1.807, 2.05) is 18.2 Å². The van der Waals surface area contributed by atoms with Crippen molar-refractivity contribution in [1.29, 1.82) is 0 Å². The van der Waals surface area contributed by atoms with Gasteiger partial charge in [0.1, 0.15) is 0 Å². The molecule has 1 amide bonds. The molecule has 2 aromatic carbocycles. The molecule has 2 heterocycles. The first-order valence-electron chi connectivity index (χ1n) is 12.0. The Bertz CT molecular complexity index is 977. The van der Waals surface area contributed by atoms with E-state index < -0.39 is 0 Å². The lowest BCUT2D eigenvalue weighted by Crippen LogP contribution is -2.40. The fourth-order valence-corrected chi connectivity index (χ4v) is 5.98. The Labute approximate surface area is 196 Å². The largest absolute Gasteiger partial charge is 0.352 e. The summed E-state index contributed by atoms with van der Waals surface area (Å²) in [6.45, 7) is 11.0. The van der Waals surface area contributed by atoms with Crippen LogP contribution in [0.25, 0.3) is 0 Å². The lowest BCUT2D eigenvalue weighted by Gasteiger charge is -2.34. The van der Waals surface area contributed by atoms with Crippen LogP contribution in [0.5, 0.6) is 0 Å². The molecule has 1 fully saturated rings. The van der Waals surface area contributed by atoms with E-state index in [2.05, 4.69) is 55.3 Å². The average molecular weight is 450 g/mol. The van der Waals surface area contributed by atoms with Gasteiger partial charge in [0.2, 0.25) is 0 Å². The van der Waals surface area contributed by atoms with E-state index in [9.17, 15) is 4.79 Å². The number of aliphatic imine (C=N–C) groups is 1. The molecular formula is C27H35N3OS. The zero-order valence-corrected chi connectivity index (χ0v) is 20.4. The zero-order chi connectivity index (χ0) is 22.5. The molecule has 170 valence electrons. The summed E-state index contributed by atoms with van der Waals surface area (Å²) in [6.07, 6.45) is 4.29. The second-order valence-corrected chi connectivity index (χ2v) is 10.5. The fourth-order valence-electron chi connectivity index (χ4n) is 4.96. The Morgan fingerprint density at radius 2 is 1.91 bits per heavy atom. The van der Waals surface area contributed by atoms with E-state index in [-0.39, 0.29) is 5.91 Å². The third-order valence-corrected chi connectivity index (χ3v) is 7.40. The van der Waals surface area contributed by atoms with Crippen molar-refractivity contribution < 1.29 is 4.79 Å². The highest BCUT2D eigenvalue weighted by atomic mass is 32.2. The van der Waals surface area contributed by atoms with Gasteiger partial charge in [-0.25, -0.2) is 0 Å². The maximum absolute atomic E-state index is 12.8. The Balaban J connectivity index is 1.40. The van der Waals surface area contributed by atoms with Crippen LogP contribution in [0.2, 0.25) is 0 Å². The van der Waals surface area contributed by atoms with E-state index in [1.54, 1.807) is 11.8 Å². The molecule has 1 saturated heterocycles. The number of carbonyl (C=O) groups excluding carboxylic acids is 1. The van der Waals surface area contributed by atoms with Gasteiger partial charge >= 0.3 is 0 Å². The maximum atomic E-state index is 12.8. The topological polar surface area (TPSA) is 44.7 Å². The number of piperidine rings is 1. The van der Waals surface area contributed by atoms with Crippen LogP contribution in [0, 0.1) is 11.8 Å². The normalized spacial score (nSPS) is 20.7. The summed E-state index contributed by atoms with van der Waals surface area (Å²) in [5.41, 5.74) is 3.91. The van der Waals surface area contributed by atoms with Gasteiger partial charge in [-0.05, 0) is 61.9 Å². The standard InChI is InChI=1S/C27H35N3OS/c1-4-8-23-22-9-5-6-10-25(22)32-26-12-11-21(16-24(26)29-23)27(31)28-13-7-14-30-17-19(2)15-20(3)18-30/h5-6,9-12,16,19-20H,4,7-8,13-15,17-18H2,1-3H3,(H,28,31). The molecule has 0 saturated carbocycles. The van der Waals surface area contributed by atoms with Crippen LogP contribution in [0.3, 0.4) is 0 Å². The molecule has 2 unspecified atom stereocenters. The maximum Gasteiger partial charge on any atom is 0.251 e. The minimum absolute atomic E-state index is 0.00724. The molecule has 0 aromatic heterocycles. The first-order chi connectivity index (χ1) is 15.5. The summed E-state index contributed by atoms with van der Waals surface area (Å²) in [5.74, 6) is 1.54. The highest BCUT2D eigenvalue weighted by Crippen LogP contribution is 2.41. The van der Waals surface area contributed by atoms with Gasteiger partial charge in [0, 0.05) is 46.3 Å². The second-order valence-electron chi connectivity index (χ2n) is 9.40. The minimum Gasteiger partial charge on any atom is -0.352 e. The molecule has 4 rings (SSSR count). The van der Waals surface area contributed by atoms with Crippen molar-refractivity contribution in [3.8, 4) is 0 Å². The van der Waals surface area contributed by atoms with E-state index >= 15 is 0 Å². The average Bonchev–Trinajstić information content (AvgIpc) is 2.92. The monoisotopic (exact) mass is 449 g/mol. The van der Waals surface area contributed by atoms with Crippen molar-refractivity contribution in [3.63, 3.8) is 0 Å². The molecule has 2 atom stereocenters. The van der Waals surface area contributed by atoms with E-state index in [0.717, 1.165) is 53.9 Å². The number of hydrogen-bond acceptors (Lipinski definition) is 4. The molecule has 2 aliphatic rings. The molecule has 32 heavy (non-hydrogen) atoms. The highest BCUT2D eigenvalue weighted by Gasteiger charge is 2.21. The number of fused-ring (bicyclic) bond motifs is 2. The Morgan fingerprint density at radius 3 is 2.69 bits per heavy atom. The number of carbonyl (C=O) groups is 1. The van der Waals surface area contributed by atoms with Crippen molar-refractivity contribution in [2.45, 2.75) is 56.2 Å². The van der Waals surface area contributed by atoms with Gasteiger partial charge in [-0.1, -0.05) is 57.2 Å². The predicted molar refractivity (Wildman–Crippen MR) is 134 cm³/mol. The number of nitrogens with zero attached hydrogens (tertiary/aromatic N) is 2.